The number of fused-ring (bicyclic) bond motifs is 1. The number of hydrogen-bond acceptors (Lipinski definition) is 3. The van der Waals surface area contributed by atoms with Gasteiger partial charge in [-0.25, -0.2) is 4.79 Å². The van der Waals surface area contributed by atoms with Crippen LogP contribution in [0.1, 0.15) is 16.1 Å². The molecule has 0 saturated carbocycles. The molecule has 22 heavy (non-hydrogen) atoms. The molecule has 0 aliphatic heterocycles. The van der Waals surface area contributed by atoms with Crippen LogP contribution in [0, 0.1) is 17.0 Å². The maximum Gasteiger partial charge on any atom is 0.335 e. The largest absolute Gasteiger partial charge is 0.478 e. The number of non-ortho nitro benzene ring substituents is 1. The predicted octanol–water partition coefficient (Wildman–Crippen LogP) is 3.77. The molecular formula is C16H14N2O4. The average molecular weight is 298 g/mol. The fourth-order valence-corrected chi connectivity index (χ4v) is 1.94. The Labute approximate surface area is 126 Å². The van der Waals surface area contributed by atoms with Crippen LogP contribution in [-0.2, 0) is 0 Å². The van der Waals surface area contributed by atoms with E-state index in [9.17, 15) is 14.9 Å². The highest BCUT2D eigenvalue weighted by Gasteiger charge is 2.06. The van der Waals surface area contributed by atoms with Crippen LogP contribution in [0.5, 0.6) is 0 Å². The molecule has 2 N–H and O–H groups in total. The summed E-state index contributed by atoms with van der Waals surface area (Å²) in [5.74, 6) is -1.09. The second kappa shape index (κ2) is 6.53. The van der Waals surface area contributed by atoms with E-state index in [-0.39, 0.29) is 11.3 Å². The molecular weight excluding hydrogens is 284 g/mol. The summed E-state index contributed by atoms with van der Waals surface area (Å²) >= 11 is 0. The average Bonchev–Trinajstić information content (AvgIpc) is 2.88. The first kappa shape index (κ1) is 15.2. The molecule has 0 aliphatic rings. The number of aromatic nitrogens is 1. The molecule has 0 radical (unpaired) electrons. The van der Waals surface area contributed by atoms with E-state index in [1.54, 1.807) is 0 Å². The lowest BCUT2D eigenvalue weighted by molar-refractivity contribution is -0.384. The number of hydrogen-bond donors (Lipinski definition) is 2. The number of nitrogens with zero attached hydrogens (tertiary/aromatic N) is 1. The fraction of sp³-hybridized carbons (Fsp3) is 0.0625. The van der Waals surface area contributed by atoms with E-state index in [4.69, 9.17) is 5.11 Å². The molecule has 0 unspecified atom stereocenters. The van der Waals surface area contributed by atoms with Crippen LogP contribution in [-0.4, -0.2) is 21.0 Å². The first-order valence-corrected chi connectivity index (χ1v) is 6.49. The van der Waals surface area contributed by atoms with E-state index in [2.05, 4.69) is 36.2 Å². The summed E-state index contributed by atoms with van der Waals surface area (Å²) < 4.78 is 0. The minimum absolute atomic E-state index is 0.0422. The molecule has 0 saturated heterocycles. The van der Waals surface area contributed by atoms with Gasteiger partial charge in [0.1, 0.15) is 0 Å². The maximum absolute atomic E-state index is 10.3. The van der Waals surface area contributed by atoms with E-state index < -0.39 is 10.9 Å². The van der Waals surface area contributed by atoms with Crippen LogP contribution in [0.15, 0.2) is 54.6 Å². The second-order valence-electron chi connectivity index (χ2n) is 4.65. The topological polar surface area (TPSA) is 96.2 Å². The van der Waals surface area contributed by atoms with E-state index >= 15 is 0 Å². The molecule has 1 heterocycles. The van der Waals surface area contributed by atoms with E-state index in [1.807, 2.05) is 6.07 Å². The Morgan fingerprint density at radius 3 is 2.32 bits per heavy atom. The molecule has 0 fully saturated rings. The molecule has 2 aromatic carbocycles. The molecule has 112 valence electrons. The Kier molecular flexibility index (Phi) is 4.53. The van der Waals surface area contributed by atoms with Crippen LogP contribution in [0.2, 0.25) is 0 Å². The van der Waals surface area contributed by atoms with Crippen molar-refractivity contribution >= 4 is 22.6 Å². The van der Waals surface area contributed by atoms with Crippen molar-refractivity contribution < 1.29 is 14.8 Å². The number of nitro benzene ring substituents is 1. The van der Waals surface area contributed by atoms with Gasteiger partial charge in [-0.15, -0.1) is 0 Å². The SMILES string of the molecule is Cc1cc2ccccc2[nH]1.O=C(O)c1ccc([N+](=O)[O-])cc1. The van der Waals surface area contributed by atoms with E-state index in [1.165, 1.54) is 28.7 Å². The molecule has 3 aromatic rings. The fourth-order valence-electron chi connectivity index (χ4n) is 1.94. The summed E-state index contributed by atoms with van der Waals surface area (Å²) in [6.45, 7) is 2.07. The van der Waals surface area contributed by atoms with Gasteiger partial charge in [-0.3, -0.25) is 10.1 Å². The lowest BCUT2D eigenvalue weighted by Gasteiger charge is -1.92. The highest BCUT2D eigenvalue weighted by molar-refractivity contribution is 5.87. The molecule has 6 nitrogen and oxygen atoms in total. The third-order valence-electron chi connectivity index (χ3n) is 2.99. The third-order valence-corrected chi connectivity index (χ3v) is 2.99. The number of aryl methyl sites for hydroxylation is 1. The Morgan fingerprint density at radius 1 is 1.14 bits per heavy atom. The number of rotatable bonds is 2. The number of H-pyrrole nitrogens is 1. The number of nitro groups is 1. The quantitative estimate of drug-likeness (QED) is 0.556. The monoisotopic (exact) mass is 298 g/mol. The summed E-state index contributed by atoms with van der Waals surface area (Å²) in [4.78, 5) is 23.1. The highest BCUT2D eigenvalue weighted by Crippen LogP contribution is 2.13. The number of carbonyl (C=O) groups is 1. The van der Waals surface area contributed by atoms with Crippen molar-refractivity contribution in [2.45, 2.75) is 6.92 Å². The van der Waals surface area contributed by atoms with Gasteiger partial charge in [0, 0.05) is 23.3 Å². The number of aromatic carboxylic acids is 1. The second-order valence-corrected chi connectivity index (χ2v) is 4.65. The van der Waals surface area contributed by atoms with Crippen LogP contribution in [0.4, 0.5) is 5.69 Å². The van der Waals surface area contributed by atoms with Gasteiger partial charge < -0.3 is 10.1 Å². The summed E-state index contributed by atoms with van der Waals surface area (Å²) in [6.07, 6.45) is 0. The van der Waals surface area contributed by atoms with Crippen molar-refractivity contribution in [3.05, 3.63) is 76.0 Å². The molecule has 3 rings (SSSR count). The maximum atomic E-state index is 10.3. The number of para-hydroxylation sites is 1. The Bertz CT molecular complexity index is 740. The van der Waals surface area contributed by atoms with Gasteiger partial charge >= 0.3 is 5.97 Å². The number of nitrogens with one attached hydrogen (secondary N) is 1. The Morgan fingerprint density at radius 2 is 1.77 bits per heavy atom. The molecule has 0 spiro atoms. The normalized spacial score (nSPS) is 9.86. The number of carboxylic acids is 1. The van der Waals surface area contributed by atoms with Gasteiger partial charge in [0.15, 0.2) is 0 Å². The summed E-state index contributed by atoms with van der Waals surface area (Å²) in [5, 5.41) is 19.9. The van der Waals surface area contributed by atoms with Crippen molar-refractivity contribution in [2.75, 3.05) is 0 Å². The molecule has 0 aliphatic carbocycles. The zero-order valence-corrected chi connectivity index (χ0v) is 11.8. The van der Waals surface area contributed by atoms with Gasteiger partial charge in [0.25, 0.3) is 5.69 Å². The molecule has 1 aromatic heterocycles. The smallest absolute Gasteiger partial charge is 0.335 e. The van der Waals surface area contributed by atoms with Crippen molar-refractivity contribution in [1.82, 2.24) is 4.98 Å². The molecule has 0 bridgehead atoms. The lowest BCUT2D eigenvalue weighted by Crippen LogP contribution is -1.96. The van der Waals surface area contributed by atoms with Gasteiger partial charge in [-0.1, -0.05) is 18.2 Å². The van der Waals surface area contributed by atoms with Crippen molar-refractivity contribution in [1.29, 1.82) is 0 Å². The predicted molar refractivity (Wildman–Crippen MR) is 83.1 cm³/mol. The van der Waals surface area contributed by atoms with E-state index in [0.29, 0.717) is 0 Å². The first-order chi connectivity index (χ1) is 10.5. The van der Waals surface area contributed by atoms with Crippen LogP contribution >= 0.6 is 0 Å². The Hall–Kier alpha value is -3.15. The zero-order chi connectivity index (χ0) is 16.1. The standard InChI is InChI=1S/C9H9N.C7H5NO4/c1-7-6-8-4-2-3-5-9(8)10-7;9-7(10)5-1-3-6(4-2-5)8(11)12/h2-6,10H,1H3;1-4H,(H,9,10). The van der Waals surface area contributed by atoms with Crippen molar-refractivity contribution in [3.8, 4) is 0 Å². The van der Waals surface area contributed by atoms with Crippen molar-refractivity contribution in [2.24, 2.45) is 0 Å². The van der Waals surface area contributed by atoms with Gasteiger partial charge in [0.05, 0.1) is 10.5 Å². The van der Waals surface area contributed by atoms with Crippen molar-refractivity contribution in [3.63, 3.8) is 0 Å². The molecule has 6 heteroatoms. The van der Waals surface area contributed by atoms with Crippen LogP contribution in [0.3, 0.4) is 0 Å². The van der Waals surface area contributed by atoms with Gasteiger partial charge in [0.2, 0.25) is 0 Å². The lowest BCUT2D eigenvalue weighted by atomic mass is 10.2. The minimum atomic E-state index is -1.09. The summed E-state index contributed by atoms with van der Waals surface area (Å²) in [5.41, 5.74) is 2.38. The van der Waals surface area contributed by atoms with Crippen LogP contribution < -0.4 is 0 Å². The number of benzene rings is 2. The number of carboxylic acid groups (broad SMARTS) is 1. The third kappa shape index (κ3) is 3.69. The van der Waals surface area contributed by atoms with Gasteiger partial charge in [-0.2, -0.15) is 0 Å². The Balaban J connectivity index is 0.000000162. The van der Waals surface area contributed by atoms with E-state index in [0.717, 1.165) is 12.1 Å². The first-order valence-electron chi connectivity index (χ1n) is 6.49. The highest BCUT2D eigenvalue weighted by atomic mass is 16.6. The molecule has 0 amide bonds. The summed E-state index contributed by atoms with van der Waals surface area (Å²) in [7, 11) is 0. The number of aromatic amines is 1. The van der Waals surface area contributed by atoms with Gasteiger partial charge in [-0.05, 0) is 36.6 Å². The van der Waals surface area contributed by atoms with Crippen LogP contribution in [0.25, 0.3) is 10.9 Å². The molecule has 0 atom stereocenters. The zero-order valence-electron chi connectivity index (χ0n) is 11.8. The minimum Gasteiger partial charge on any atom is -0.478 e. The summed E-state index contributed by atoms with van der Waals surface area (Å²) in [6, 6.07) is 15.1.